The number of ether oxygens (including phenoxy) is 2. The van der Waals surface area contributed by atoms with Gasteiger partial charge in [-0.3, -0.25) is 4.98 Å². The fourth-order valence-electron chi connectivity index (χ4n) is 3.66. The van der Waals surface area contributed by atoms with Crippen molar-refractivity contribution in [2.45, 2.75) is 51.9 Å². The zero-order valence-corrected chi connectivity index (χ0v) is 13.8. The standard InChI is InChI=1S/C18H28N2O2/c1-15(2)20-8-5-18(6-9-20)10-17(22-14-18)13-21-12-16-4-3-7-19-11-16/h3-4,7,11,15,17H,5-6,8-10,12-14H2,1-2H3. The SMILES string of the molecule is CC(C)N1CCC2(CC1)COC(COCc1cccnc1)C2. The maximum absolute atomic E-state index is 6.02. The zero-order chi connectivity index (χ0) is 15.4. The Morgan fingerprint density at radius 3 is 2.91 bits per heavy atom. The Bertz CT molecular complexity index is 455. The smallest absolute Gasteiger partial charge is 0.0815 e. The lowest BCUT2D eigenvalue weighted by molar-refractivity contribution is 0.00584. The van der Waals surface area contributed by atoms with Gasteiger partial charge in [-0.05, 0) is 63.2 Å². The van der Waals surface area contributed by atoms with Crippen molar-refractivity contribution in [2.24, 2.45) is 5.41 Å². The highest BCUT2D eigenvalue weighted by Crippen LogP contribution is 2.42. The van der Waals surface area contributed by atoms with Crippen molar-refractivity contribution in [3.63, 3.8) is 0 Å². The van der Waals surface area contributed by atoms with Crippen LogP contribution in [0.15, 0.2) is 24.5 Å². The average Bonchev–Trinajstić information content (AvgIpc) is 2.92. The highest BCUT2D eigenvalue weighted by Gasteiger charge is 2.42. The summed E-state index contributed by atoms with van der Waals surface area (Å²) in [4.78, 5) is 6.69. The fourth-order valence-corrected chi connectivity index (χ4v) is 3.66. The molecule has 2 aliphatic rings. The Kier molecular flexibility index (Phi) is 5.11. The Labute approximate surface area is 133 Å². The number of aromatic nitrogens is 1. The normalized spacial score (nSPS) is 25.1. The third-order valence-electron chi connectivity index (χ3n) is 5.17. The van der Waals surface area contributed by atoms with Crippen LogP contribution in [-0.4, -0.2) is 48.3 Å². The van der Waals surface area contributed by atoms with Gasteiger partial charge in [-0.2, -0.15) is 0 Å². The molecule has 0 bridgehead atoms. The van der Waals surface area contributed by atoms with Gasteiger partial charge in [-0.15, -0.1) is 0 Å². The summed E-state index contributed by atoms with van der Waals surface area (Å²) < 4.78 is 11.8. The molecule has 0 amide bonds. The van der Waals surface area contributed by atoms with Crippen LogP contribution in [0.25, 0.3) is 0 Å². The quantitative estimate of drug-likeness (QED) is 0.838. The van der Waals surface area contributed by atoms with E-state index in [4.69, 9.17) is 9.47 Å². The van der Waals surface area contributed by atoms with E-state index < -0.39 is 0 Å². The molecule has 2 aliphatic heterocycles. The number of piperidine rings is 1. The average molecular weight is 304 g/mol. The molecule has 4 nitrogen and oxygen atoms in total. The van der Waals surface area contributed by atoms with E-state index in [9.17, 15) is 0 Å². The molecule has 0 saturated carbocycles. The maximum Gasteiger partial charge on any atom is 0.0815 e. The van der Waals surface area contributed by atoms with Gasteiger partial charge in [0.15, 0.2) is 0 Å². The molecule has 0 N–H and O–H groups in total. The van der Waals surface area contributed by atoms with Gasteiger partial charge in [0.25, 0.3) is 0 Å². The molecule has 0 aromatic carbocycles. The lowest BCUT2D eigenvalue weighted by Gasteiger charge is -2.40. The van der Waals surface area contributed by atoms with Crippen LogP contribution in [0.4, 0.5) is 0 Å². The van der Waals surface area contributed by atoms with Gasteiger partial charge in [0, 0.05) is 18.4 Å². The maximum atomic E-state index is 6.02. The van der Waals surface area contributed by atoms with E-state index in [1.54, 1.807) is 6.20 Å². The van der Waals surface area contributed by atoms with Crippen LogP contribution in [-0.2, 0) is 16.1 Å². The van der Waals surface area contributed by atoms with E-state index in [1.807, 2.05) is 18.3 Å². The van der Waals surface area contributed by atoms with Gasteiger partial charge >= 0.3 is 0 Å². The van der Waals surface area contributed by atoms with Crippen molar-refractivity contribution in [1.29, 1.82) is 0 Å². The first-order valence-electron chi connectivity index (χ1n) is 8.49. The second-order valence-corrected chi connectivity index (χ2v) is 7.14. The molecule has 0 radical (unpaired) electrons. The van der Waals surface area contributed by atoms with Crippen LogP contribution < -0.4 is 0 Å². The Hall–Kier alpha value is -0.970. The van der Waals surface area contributed by atoms with Crippen LogP contribution >= 0.6 is 0 Å². The summed E-state index contributed by atoms with van der Waals surface area (Å²) in [6.45, 7) is 9.25. The predicted octanol–water partition coefficient (Wildman–Crippen LogP) is 2.88. The lowest BCUT2D eigenvalue weighted by atomic mass is 9.76. The van der Waals surface area contributed by atoms with E-state index in [2.05, 4.69) is 23.7 Å². The van der Waals surface area contributed by atoms with E-state index in [-0.39, 0.29) is 6.10 Å². The Morgan fingerprint density at radius 2 is 2.23 bits per heavy atom. The lowest BCUT2D eigenvalue weighted by Crippen LogP contribution is -2.43. The minimum atomic E-state index is 0.266. The number of nitrogens with zero attached hydrogens (tertiary/aromatic N) is 2. The third-order valence-corrected chi connectivity index (χ3v) is 5.17. The summed E-state index contributed by atoms with van der Waals surface area (Å²) in [6.07, 6.45) is 7.61. The largest absolute Gasteiger partial charge is 0.375 e. The molecule has 3 rings (SSSR count). The third kappa shape index (κ3) is 3.86. The number of hydrogen-bond acceptors (Lipinski definition) is 4. The molecule has 2 saturated heterocycles. The van der Waals surface area contributed by atoms with Crippen molar-refractivity contribution < 1.29 is 9.47 Å². The van der Waals surface area contributed by atoms with Gasteiger partial charge in [-0.1, -0.05) is 6.07 Å². The molecule has 4 heteroatoms. The van der Waals surface area contributed by atoms with Gasteiger partial charge in [0.2, 0.25) is 0 Å². The second-order valence-electron chi connectivity index (χ2n) is 7.14. The number of pyridine rings is 1. The van der Waals surface area contributed by atoms with Crippen molar-refractivity contribution in [3.8, 4) is 0 Å². The van der Waals surface area contributed by atoms with E-state index in [1.165, 1.54) is 25.9 Å². The van der Waals surface area contributed by atoms with E-state index in [0.717, 1.165) is 18.6 Å². The number of likely N-dealkylation sites (tertiary alicyclic amines) is 1. The molecule has 1 spiro atoms. The topological polar surface area (TPSA) is 34.6 Å². The first kappa shape index (κ1) is 15.9. The molecule has 122 valence electrons. The van der Waals surface area contributed by atoms with Crippen LogP contribution in [0.3, 0.4) is 0 Å². The van der Waals surface area contributed by atoms with Crippen LogP contribution in [0.2, 0.25) is 0 Å². The molecule has 3 heterocycles. The van der Waals surface area contributed by atoms with Gasteiger partial charge in [0.05, 0.1) is 25.9 Å². The highest BCUT2D eigenvalue weighted by atomic mass is 16.5. The highest BCUT2D eigenvalue weighted by molar-refractivity contribution is 5.06. The molecule has 0 aliphatic carbocycles. The van der Waals surface area contributed by atoms with Crippen molar-refractivity contribution >= 4 is 0 Å². The summed E-state index contributed by atoms with van der Waals surface area (Å²) in [5, 5.41) is 0. The minimum Gasteiger partial charge on any atom is -0.375 e. The molecular formula is C18H28N2O2. The minimum absolute atomic E-state index is 0.266. The van der Waals surface area contributed by atoms with E-state index >= 15 is 0 Å². The van der Waals surface area contributed by atoms with Crippen LogP contribution in [0.1, 0.15) is 38.7 Å². The fraction of sp³-hybridized carbons (Fsp3) is 0.722. The predicted molar refractivity (Wildman–Crippen MR) is 86.6 cm³/mol. The zero-order valence-electron chi connectivity index (χ0n) is 13.8. The Balaban J connectivity index is 1.41. The summed E-state index contributed by atoms with van der Waals surface area (Å²) in [5.41, 5.74) is 1.54. The van der Waals surface area contributed by atoms with Crippen molar-refractivity contribution in [3.05, 3.63) is 30.1 Å². The first-order valence-corrected chi connectivity index (χ1v) is 8.49. The van der Waals surface area contributed by atoms with Gasteiger partial charge < -0.3 is 14.4 Å². The molecule has 1 atom stereocenters. The molecule has 2 fully saturated rings. The van der Waals surface area contributed by atoms with Crippen LogP contribution in [0.5, 0.6) is 0 Å². The Morgan fingerprint density at radius 1 is 1.41 bits per heavy atom. The summed E-state index contributed by atoms with van der Waals surface area (Å²) >= 11 is 0. The summed E-state index contributed by atoms with van der Waals surface area (Å²) in [7, 11) is 0. The second kappa shape index (κ2) is 7.07. The molecule has 1 aromatic heterocycles. The van der Waals surface area contributed by atoms with Crippen molar-refractivity contribution in [2.75, 3.05) is 26.3 Å². The molecular weight excluding hydrogens is 276 g/mol. The monoisotopic (exact) mass is 304 g/mol. The first-order chi connectivity index (χ1) is 10.7. The molecule has 22 heavy (non-hydrogen) atoms. The summed E-state index contributed by atoms with van der Waals surface area (Å²) in [6, 6.07) is 4.66. The van der Waals surface area contributed by atoms with Gasteiger partial charge in [-0.25, -0.2) is 0 Å². The summed E-state index contributed by atoms with van der Waals surface area (Å²) in [5.74, 6) is 0. The molecule has 1 unspecified atom stereocenters. The van der Waals surface area contributed by atoms with E-state index in [0.29, 0.717) is 24.7 Å². The number of rotatable bonds is 5. The van der Waals surface area contributed by atoms with Crippen molar-refractivity contribution in [1.82, 2.24) is 9.88 Å². The number of hydrogen-bond donors (Lipinski definition) is 0. The molecule has 1 aromatic rings. The van der Waals surface area contributed by atoms with Gasteiger partial charge in [0.1, 0.15) is 0 Å². The van der Waals surface area contributed by atoms with Crippen LogP contribution in [0, 0.1) is 5.41 Å².